The molecule has 2 N–H and O–H groups in total. The lowest BCUT2D eigenvalue weighted by Crippen LogP contribution is -2.27. The van der Waals surface area contributed by atoms with Gasteiger partial charge >= 0.3 is 0 Å². The van der Waals surface area contributed by atoms with Crippen molar-refractivity contribution in [2.75, 3.05) is 25.6 Å². The molecule has 1 heterocycles. The number of para-hydroxylation sites is 1. The molecule has 0 spiro atoms. The molecule has 0 aliphatic carbocycles. The lowest BCUT2D eigenvalue weighted by atomic mass is 10.0. The molecule has 1 amide bonds. The van der Waals surface area contributed by atoms with Gasteiger partial charge in [-0.25, -0.2) is 0 Å². The highest BCUT2D eigenvalue weighted by Gasteiger charge is 2.09. The third kappa shape index (κ3) is 4.75. The third-order valence-electron chi connectivity index (χ3n) is 3.33. The molecule has 6 heteroatoms. The van der Waals surface area contributed by atoms with Gasteiger partial charge in [-0.1, -0.05) is 32.0 Å². The van der Waals surface area contributed by atoms with Crippen molar-refractivity contribution >= 4 is 17.4 Å². The first-order valence-corrected chi connectivity index (χ1v) is 7.58. The van der Waals surface area contributed by atoms with Gasteiger partial charge in [0, 0.05) is 19.3 Å². The van der Waals surface area contributed by atoms with Crippen molar-refractivity contribution < 1.29 is 9.53 Å². The summed E-state index contributed by atoms with van der Waals surface area (Å²) in [7, 11) is 1.58. The summed E-state index contributed by atoms with van der Waals surface area (Å²) >= 11 is 0. The van der Waals surface area contributed by atoms with E-state index in [0.29, 0.717) is 24.9 Å². The number of hydrogen-bond donors (Lipinski definition) is 2. The van der Waals surface area contributed by atoms with E-state index >= 15 is 0 Å². The Morgan fingerprint density at radius 3 is 2.61 bits per heavy atom. The average Bonchev–Trinajstić information content (AvgIpc) is 2.56. The van der Waals surface area contributed by atoms with E-state index in [1.54, 1.807) is 19.2 Å². The first-order valence-electron chi connectivity index (χ1n) is 7.58. The minimum Gasteiger partial charge on any atom is -0.383 e. The number of anilines is 2. The number of aromatic nitrogens is 2. The van der Waals surface area contributed by atoms with Crippen LogP contribution >= 0.6 is 0 Å². The molecule has 0 aliphatic rings. The Labute approximate surface area is 136 Å². The van der Waals surface area contributed by atoms with Gasteiger partial charge in [0.2, 0.25) is 0 Å². The number of amides is 1. The number of nitrogens with zero attached hydrogens (tertiary/aromatic N) is 2. The molecule has 0 saturated heterocycles. The first kappa shape index (κ1) is 16.9. The van der Waals surface area contributed by atoms with Crippen molar-refractivity contribution in [1.29, 1.82) is 0 Å². The highest BCUT2D eigenvalue weighted by atomic mass is 16.5. The van der Waals surface area contributed by atoms with Gasteiger partial charge in [0.15, 0.2) is 11.5 Å². The molecular weight excluding hydrogens is 292 g/mol. The summed E-state index contributed by atoms with van der Waals surface area (Å²) in [5, 5.41) is 14.0. The van der Waals surface area contributed by atoms with E-state index in [1.807, 2.05) is 18.2 Å². The zero-order valence-electron chi connectivity index (χ0n) is 13.7. The largest absolute Gasteiger partial charge is 0.383 e. The SMILES string of the molecule is COCCNC(=O)c1ccc(Nc2ccccc2C(C)C)nn1. The van der Waals surface area contributed by atoms with Crippen molar-refractivity contribution in [2.24, 2.45) is 0 Å². The smallest absolute Gasteiger partial charge is 0.271 e. The Bertz CT molecular complexity index is 641. The predicted octanol–water partition coefficient (Wildman–Crippen LogP) is 2.72. The molecular formula is C17H22N4O2. The summed E-state index contributed by atoms with van der Waals surface area (Å²) in [5.74, 6) is 0.743. The summed E-state index contributed by atoms with van der Waals surface area (Å²) in [6, 6.07) is 11.5. The fourth-order valence-corrected chi connectivity index (χ4v) is 2.13. The molecule has 2 aromatic rings. The Morgan fingerprint density at radius 1 is 1.17 bits per heavy atom. The van der Waals surface area contributed by atoms with E-state index in [9.17, 15) is 4.79 Å². The van der Waals surface area contributed by atoms with Crippen molar-refractivity contribution in [1.82, 2.24) is 15.5 Å². The van der Waals surface area contributed by atoms with Crippen molar-refractivity contribution in [2.45, 2.75) is 19.8 Å². The minimum atomic E-state index is -0.260. The van der Waals surface area contributed by atoms with Crippen LogP contribution in [-0.2, 0) is 4.74 Å². The Kier molecular flexibility index (Phi) is 6.05. The summed E-state index contributed by atoms with van der Waals surface area (Å²) in [5.41, 5.74) is 2.48. The Morgan fingerprint density at radius 2 is 1.96 bits per heavy atom. The van der Waals surface area contributed by atoms with Crippen LogP contribution in [0.4, 0.5) is 11.5 Å². The summed E-state index contributed by atoms with van der Waals surface area (Å²) in [6.45, 7) is 5.18. The molecule has 1 aromatic carbocycles. The first-order chi connectivity index (χ1) is 11.1. The summed E-state index contributed by atoms with van der Waals surface area (Å²) in [4.78, 5) is 11.8. The molecule has 0 bridgehead atoms. The van der Waals surface area contributed by atoms with Gasteiger partial charge in [-0.3, -0.25) is 4.79 Å². The molecule has 122 valence electrons. The summed E-state index contributed by atoms with van der Waals surface area (Å²) < 4.78 is 4.88. The topological polar surface area (TPSA) is 76.1 Å². The Balaban J connectivity index is 2.04. The molecule has 0 saturated carbocycles. The van der Waals surface area contributed by atoms with Crippen LogP contribution in [-0.4, -0.2) is 36.4 Å². The maximum absolute atomic E-state index is 11.8. The number of carbonyl (C=O) groups is 1. The van der Waals surface area contributed by atoms with Gasteiger partial charge in [-0.05, 0) is 29.7 Å². The third-order valence-corrected chi connectivity index (χ3v) is 3.33. The van der Waals surface area contributed by atoms with Gasteiger partial charge in [0.25, 0.3) is 5.91 Å². The van der Waals surface area contributed by atoms with Crippen LogP contribution in [0.15, 0.2) is 36.4 Å². The fraction of sp³-hybridized carbons (Fsp3) is 0.353. The fourth-order valence-electron chi connectivity index (χ4n) is 2.13. The van der Waals surface area contributed by atoms with Gasteiger partial charge < -0.3 is 15.4 Å². The lowest BCUT2D eigenvalue weighted by molar-refractivity contribution is 0.0931. The van der Waals surface area contributed by atoms with Crippen LogP contribution in [0.3, 0.4) is 0 Å². The van der Waals surface area contributed by atoms with E-state index in [4.69, 9.17) is 4.74 Å². The van der Waals surface area contributed by atoms with E-state index in [-0.39, 0.29) is 11.6 Å². The maximum atomic E-state index is 11.8. The summed E-state index contributed by atoms with van der Waals surface area (Å²) in [6.07, 6.45) is 0. The zero-order chi connectivity index (χ0) is 16.7. The van der Waals surface area contributed by atoms with E-state index in [2.05, 4.69) is 40.7 Å². The zero-order valence-corrected chi connectivity index (χ0v) is 13.7. The van der Waals surface area contributed by atoms with Crippen LogP contribution in [0.2, 0.25) is 0 Å². The number of methoxy groups -OCH3 is 1. The van der Waals surface area contributed by atoms with Gasteiger partial charge in [0.1, 0.15) is 0 Å². The van der Waals surface area contributed by atoms with E-state index in [0.717, 1.165) is 5.69 Å². The lowest BCUT2D eigenvalue weighted by Gasteiger charge is -2.13. The highest BCUT2D eigenvalue weighted by molar-refractivity contribution is 5.92. The second kappa shape index (κ2) is 8.24. The molecule has 0 fully saturated rings. The molecule has 2 rings (SSSR count). The monoisotopic (exact) mass is 314 g/mol. The predicted molar refractivity (Wildman–Crippen MR) is 90.1 cm³/mol. The number of benzene rings is 1. The molecule has 0 radical (unpaired) electrons. The van der Waals surface area contributed by atoms with Crippen LogP contribution in [0.25, 0.3) is 0 Å². The molecule has 23 heavy (non-hydrogen) atoms. The maximum Gasteiger partial charge on any atom is 0.271 e. The van der Waals surface area contributed by atoms with Crippen LogP contribution in [0.5, 0.6) is 0 Å². The van der Waals surface area contributed by atoms with Crippen LogP contribution in [0, 0.1) is 0 Å². The average molecular weight is 314 g/mol. The highest BCUT2D eigenvalue weighted by Crippen LogP contribution is 2.25. The molecule has 1 aromatic heterocycles. The normalized spacial score (nSPS) is 10.6. The number of nitrogens with one attached hydrogen (secondary N) is 2. The van der Waals surface area contributed by atoms with E-state index < -0.39 is 0 Å². The second-order valence-corrected chi connectivity index (χ2v) is 5.42. The van der Waals surface area contributed by atoms with Gasteiger partial charge in [-0.15, -0.1) is 10.2 Å². The number of carbonyl (C=O) groups excluding carboxylic acids is 1. The molecule has 0 aliphatic heterocycles. The standard InChI is InChI=1S/C17H22N4O2/c1-12(2)13-6-4-5-7-14(13)19-16-9-8-15(20-21-16)17(22)18-10-11-23-3/h4-9,12H,10-11H2,1-3H3,(H,18,22)(H,19,21). The quantitative estimate of drug-likeness (QED) is 0.769. The number of ether oxygens (including phenoxy) is 1. The number of rotatable bonds is 7. The van der Waals surface area contributed by atoms with Crippen molar-refractivity contribution in [3.8, 4) is 0 Å². The number of hydrogen-bond acceptors (Lipinski definition) is 5. The molecule has 0 unspecified atom stereocenters. The van der Waals surface area contributed by atoms with Crippen LogP contribution in [0.1, 0.15) is 35.8 Å². The van der Waals surface area contributed by atoms with E-state index in [1.165, 1.54) is 5.56 Å². The van der Waals surface area contributed by atoms with Gasteiger partial charge in [-0.2, -0.15) is 0 Å². The Hall–Kier alpha value is -2.47. The van der Waals surface area contributed by atoms with Crippen molar-refractivity contribution in [3.05, 3.63) is 47.7 Å². The minimum absolute atomic E-state index is 0.260. The second-order valence-electron chi connectivity index (χ2n) is 5.42. The molecule has 0 atom stereocenters. The molecule has 6 nitrogen and oxygen atoms in total. The van der Waals surface area contributed by atoms with Crippen molar-refractivity contribution in [3.63, 3.8) is 0 Å². The van der Waals surface area contributed by atoms with Gasteiger partial charge in [0.05, 0.1) is 6.61 Å². The van der Waals surface area contributed by atoms with Crippen LogP contribution < -0.4 is 10.6 Å².